The van der Waals surface area contributed by atoms with Crippen LogP contribution in [0.25, 0.3) is 10.9 Å². The van der Waals surface area contributed by atoms with Gasteiger partial charge in [0.05, 0.1) is 10.9 Å². The van der Waals surface area contributed by atoms with Crippen molar-refractivity contribution in [2.45, 2.75) is 25.2 Å². The van der Waals surface area contributed by atoms with Crippen molar-refractivity contribution in [3.63, 3.8) is 0 Å². The summed E-state index contributed by atoms with van der Waals surface area (Å²) in [5.74, 6) is 0.979. The lowest BCUT2D eigenvalue weighted by atomic mass is 9.85. The van der Waals surface area contributed by atoms with Gasteiger partial charge in [0.15, 0.2) is 0 Å². The molecule has 0 radical (unpaired) electrons. The van der Waals surface area contributed by atoms with Crippen molar-refractivity contribution >= 4 is 10.9 Å². The molecule has 0 amide bonds. The number of para-hydroxylation sites is 1. The standard InChI is InChI=1S/C12H11NO2/c14-12-9-6-1-2-7-10(9)13-11(15-12)8-4-3-5-8/h1-2,6-8H,3-5H2. The van der Waals surface area contributed by atoms with Crippen LogP contribution in [-0.4, -0.2) is 4.98 Å². The van der Waals surface area contributed by atoms with Crippen molar-refractivity contribution < 1.29 is 4.42 Å². The first kappa shape index (κ1) is 8.65. The second-order valence-electron chi connectivity index (χ2n) is 3.98. The summed E-state index contributed by atoms with van der Waals surface area (Å²) in [7, 11) is 0. The third kappa shape index (κ3) is 1.35. The predicted molar refractivity (Wildman–Crippen MR) is 56.9 cm³/mol. The number of aromatic nitrogens is 1. The van der Waals surface area contributed by atoms with Gasteiger partial charge in [-0.1, -0.05) is 18.6 Å². The lowest BCUT2D eigenvalue weighted by Crippen LogP contribution is -2.14. The van der Waals surface area contributed by atoms with E-state index >= 15 is 0 Å². The molecular weight excluding hydrogens is 190 g/mol. The zero-order chi connectivity index (χ0) is 10.3. The van der Waals surface area contributed by atoms with Gasteiger partial charge in [-0.3, -0.25) is 0 Å². The molecule has 1 aliphatic rings. The Bertz CT molecular complexity index is 555. The number of rotatable bonds is 1. The molecule has 1 fully saturated rings. The summed E-state index contributed by atoms with van der Waals surface area (Å²) in [5.41, 5.74) is 0.484. The van der Waals surface area contributed by atoms with Crippen LogP contribution in [0.15, 0.2) is 33.5 Å². The van der Waals surface area contributed by atoms with Gasteiger partial charge in [0.1, 0.15) is 0 Å². The summed E-state index contributed by atoms with van der Waals surface area (Å²) < 4.78 is 5.23. The minimum absolute atomic E-state index is 0.262. The molecule has 1 heterocycles. The maximum atomic E-state index is 11.6. The zero-order valence-corrected chi connectivity index (χ0v) is 8.27. The fourth-order valence-electron chi connectivity index (χ4n) is 1.87. The molecule has 0 spiro atoms. The van der Waals surface area contributed by atoms with E-state index in [4.69, 9.17) is 4.42 Å². The van der Waals surface area contributed by atoms with Crippen LogP contribution >= 0.6 is 0 Å². The van der Waals surface area contributed by atoms with Crippen molar-refractivity contribution in [3.05, 3.63) is 40.6 Å². The Kier molecular flexibility index (Phi) is 1.84. The molecule has 0 atom stereocenters. The first-order chi connectivity index (χ1) is 7.34. The van der Waals surface area contributed by atoms with Crippen molar-refractivity contribution in [3.8, 4) is 0 Å². The molecule has 0 unspecified atom stereocenters. The van der Waals surface area contributed by atoms with Crippen LogP contribution in [-0.2, 0) is 0 Å². The van der Waals surface area contributed by atoms with Crippen LogP contribution in [0.4, 0.5) is 0 Å². The summed E-state index contributed by atoms with van der Waals surface area (Å²) in [6.07, 6.45) is 3.39. The van der Waals surface area contributed by atoms with Crippen LogP contribution in [0.5, 0.6) is 0 Å². The summed E-state index contributed by atoms with van der Waals surface area (Å²) in [5, 5.41) is 0.570. The van der Waals surface area contributed by atoms with Crippen LogP contribution in [0.1, 0.15) is 31.1 Å². The van der Waals surface area contributed by atoms with Gasteiger partial charge in [-0.05, 0) is 25.0 Å². The quantitative estimate of drug-likeness (QED) is 0.711. The number of fused-ring (bicyclic) bond motifs is 1. The Hall–Kier alpha value is -1.64. The monoisotopic (exact) mass is 201 g/mol. The third-order valence-electron chi connectivity index (χ3n) is 3.01. The molecule has 0 aliphatic heterocycles. The van der Waals surface area contributed by atoms with Gasteiger partial charge in [0.2, 0.25) is 5.89 Å². The van der Waals surface area contributed by atoms with E-state index in [9.17, 15) is 4.79 Å². The molecule has 76 valence electrons. The fourth-order valence-corrected chi connectivity index (χ4v) is 1.87. The molecule has 3 rings (SSSR count). The average Bonchev–Trinajstić information content (AvgIpc) is 2.15. The van der Waals surface area contributed by atoms with E-state index in [1.165, 1.54) is 6.42 Å². The smallest absolute Gasteiger partial charge is 0.346 e. The van der Waals surface area contributed by atoms with Gasteiger partial charge < -0.3 is 4.42 Å². The van der Waals surface area contributed by atoms with Crippen molar-refractivity contribution in [2.24, 2.45) is 0 Å². The Labute approximate surface area is 86.8 Å². The highest BCUT2D eigenvalue weighted by molar-refractivity contribution is 5.76. The molecule has 3 nitrogen and oxygen atoms in total. The summed E-state index contributed by atoms with van der Waals surface area (Å²) in [6, 6.07) is 7.32. The summed E-state index contributed by atoms with van der Waals surface area (Å²) in [4.78, 5) is 16.0. The van der Waals surface area contributed by atoms with Gasteiger partial charge >= 0.3 is 5.63 Å². The Balaban J connectivity index is 2.22. The van der Waals surface area contributed by atoms with Crippen molar-refractivity contribution in [2.75, 3.05) is 0 Å². The molecule has 3 heteroatoms. The molecule has 1 aromatic carbocycles. The van der Waals surface area contributed by atoms with E-state index in [2.05, 4.69) is 4.98 Å². The highest BCUT2D eigenvalue weighted by Crippen LogP contribution is 2.35. The average molecular weight is 201 g/mol. The fraction of sp³-hybridized carbons (Fsp3) is 0.333. The molecule has 1 saturated carbocycles. The van der Waals surface area contributed by atoms with E-state index in [1.807, 2.05) is 18.2 Å². The topological polar surface area (TPSA) is 43.1 Å². The minimum Gasteiger partial charge on any atom is -0.408 e. The maximum absolute atomic E-state index is 11.6. The van der Waals surface area contributed by atoms with E-state index in [-0.39, 0.29) is 5.63 Å². The van der Waals surface area contributed by atoms with Crippen molar-refractivity contribution in [1.29, 1.82) is 0 Å². The van der Waals surface area contributed by atoms with E-state index < -0.39 is 0 Å². The van der Waals surface area contributed by atoms with Crippen molar-refractivity contribution in [1.82, 2.24) is 4.98 Å². The Morgan fingerprint density at radius 3 is 2.80 bits per heavy atom. The van der Waals surface area contributed by atoms with E-state index in [0.717, 1.165) is 18.4 Å². The first-order valence-electron chi connectivity index (χ1n) is 5.24. The lowest BCUT2D eigenvalue weighted by molar-refractivity contribution is 0.316. The maximum Gasteiger partial charge on any atom is 0.346 e. The number of hydrogen-bond donors (Lipinski definition) is 0. The molecule has 0 saturated heterocycles. The molecule has 1 aromatic heterocycles. The molecule has 0 N–H and O–H groups in total. The van der Waals surface area contributed by atoms with E-state index in [0.29, 0.717) is 17.2 Å². The minimum atomic E-state index is -0.262. The second-order valence-corrected chi connectivity index (χ2v) is 3.98. The Morgan fingerprint density at radius 2 is 2.07 bits per heavy atom. The molecule has 2 aromatic rings. The highest BCUT2D eigenvalue weighted by atomic mass is 16.4. The second kappa shape index (κ2) is 3.19. The molecule has 15 heavy (non-hydrogen) atoms. The van der Waals surface area contributed by atoms with Gasteiger partial charge in [-0.2, -0.15) is 0 Å². The molecule has 0 bridgehead atoms. The molecule has 1 aliphatic carbocycles. The predicted octanol–water partition coefficient (Wildman–Crippen LogP) is 2.46. The van der Waals surface area contributed by atoms with Crippen LogP contribution in [0.2, 0.25) is 0 Å². The highest BCUT2D eigenvalue weighted by Gasteiger charge is 2.24. The zero-order valence-electron chi connectivity index (χ0n) is 8.27. The Morgan fingerprint density at radius 1 is 1.27 bits per heavy atom. The lowest BCUT2D eigenvalue weighted by Gasteiger charge is -2.22. The number of hydrogen-bond acceptors (Lipinski definition) is 3. The van der Waals surface area contributed by atoms with Gasteiger partial charge in [-0.25, -0.2) is 9.78 Å². The summed E-state index contributed by atoms with van der Waals surface area (Å²) in [6.45, 7) is 0. The van der Waals surface area contributed by atoms with Crippen LogP contribution in [0.3, 0.4) is 0 Å². The SMILES string of the molecule is O=c1oc(C2CCC2)nc2ccccc12. The van der Waals surface area contributed by atoms with Gasteiger partial charge in [0.25, 0.3) is 0 Å². The normalized spacial score (nSPS) is 16.5. The number of benzene rings is 1. The molecular formula is C12H11NO2. The van der Waals surface area contributed by atoms with Gasteiger partial charge in [-0.15, -0.1) is 0 Å². The van der Waals surface area contributed by atoms with Gasteiger partial charge in [0, 0.05) is 5.92 Å². The number of nitrogens with zero attached hydrogens (tertiary/aromatic N) is 1. The first-order valence-corrected chi connectivity index (χ1v) is 5.24. The van der Waals surface area contributed by atoms with Crippen LogP contribution < -0.4 is 5.63 Å². The third-order valence-corrected chi connectivity index (χ3v) is 3.01. The largest absolute Gasteiger partial charge is 0.408 e. The van der Waals surface area contributed by atoms with E-state index in [1.54, 1.807) is 6.07 Å². The van der Waals surface area contributed by atoms with Crippen LogP contribution in [0, 0.1) is 0 Å². The summed E-state index contributed by atoms with van der Waals surface area (Å²) >= 11 is 0.